The number of carbonyl (C=O) groups excluding carboxylic acids is 3. The van der Waals surface area contributed by atoms with Crippen LogP contribution >= 0.6 is 11.3 Å². The lowest BCUT2D eigenvalue weighted by Gasteiger charge is -2.35. The Labute approximate surface area is 264 Å². The van der Waals surface area contributed by atoms with Crippen molar-refractivity contribution in [3.8, 4) is 10.4 Å². The number of aryl methyl sites for hydroxylation is 1. The van der Waals surface area contributed by atoms with Crippen LogP contribution in [0.1, 0.15) is 70.7 Å². The van der Waals surface area contributed by atoms with Gasteiger partial charge in [0.1, 0.15) is 12.1 Å². The van der Waals surface area contributed by atoms with Gasteiger partial charge in [0.2, 0.25) is 17.7 Å². The molecule has 1 fully saturated rings. The first-order valence-electron chi connectivity index (χ1n) is 14.5. The molecule has 6 N–H and O–H groups in total. The molecule has 0 spiro atoms. The van der Waals surface area contributed by atoms with Crippen LogP contribution in [0.5, 0.6) is 0 Å². The number of amides is 3. The molecule has 3 amide bonds. The summed E-state index contributed by atoms with van der Waals surface area (Å²) in [4.78, 5) is 55.2. The highest BCUT2D eigenvalue weighted by Gasteiger charge is 2.44. The average Bonchev–Trinajstić information content (AvgIpc) is 3.56. The molecule has 1 aromatic heterocycles. The summed E-state index contributed by atoms with van der Waals surface area (Å²) in [7, 11) is 0. The van der Waals surface area contributed by atoms with Gasteiger partial charge in [0.05, 0.1) is 28.2 Å². The summed E-state index contributed by atoms with van der Waals surface area (Å²) in [6, 6.07) is 6.03. The van der Waals surface area contributed by atoms with Gasteiger partial charge in [-0.15, -0.1) is 11.3 Å². The summed E-state index contributed by atoms with van der Waals surface area (Å²) in [5.41, 5.74) is 9.74. The molecule has 11 nitrogen and oxygen atoms in total. The second kappa shape index (κ2) is 16.1. The van der Waals surface area contributed by atoms with Crippen LogP contribution in [-0.2, 0) is 19.2 Å². The third-order valence-electron chi connectivity index (χ3n) is 7.16. The van der Waals surface area contributed by atoms with E-state index >= 15 is 0 Å². The largest absolute Gasteiger partial charge is 0.490 e. The van der Waals surface area contributed by atoms with Crippen LogP contribution in [0.25, 0.3) is 10.4 Å². The van der Waals surface area contributed by atoms with Crippen LogP contribution in [0.4, 0.5) is 13.2 Å². The number of β-amino-alcohol motifs (C(OH)–C–C–N with tert-alkyl or cyclic N) is 1. The average molecular weight is 658 g/mol. The van der Waals surface area contributed by atoms with Gasteiger partial charge in [-0.3, -0.25) is 14.4 Å². The number of aliphatic hydroxyl groups excluding tert-OH is 1. The molecule has 3 rings (SSSR count). The number of carbonyl (C=O) groups is 4. The molecule has 4 atom stereocenters. The number of carboxylic acids is 1. The third-order valence-corrected chi connectivity index (χ3v) is 8.14. The van der Waals surface area contributed by atoms with Crippen molar-refractivity contribution in [3.05, 3.63) is 41.0 Å². The van der Waals surface area contributed by atoms with E-state index in [-0.39, 0.29) is 43.1 Å². The van der Waals surface area contributed by atoms with E-state index in [0.29, 0.717) is 13.0 Å². The van der Waals surface area contributed by atoms with Crippen molar-refractivity contribution in [2.75, 3.05) is 13.1 Å². The molecule has 1 aliphatic rings. The van der Waals surface area contributed by atoms with E-state index in [1.165, 1.54) is 4.90 Å². The highest BCUT2D eigenvalue weighted by Crippen LogP contribution is 2.29. The van der Waals surface area contributed by atoms with Crippen LogP contribution < -0.4 is 16.4 Å². The molecule has 0 bridgehead atoms. The summed E-state index contributed by atoms with van der Waals surface area (Å²) in [5.74, 6) is -3.67. The van der Waals surface area contributed by atoms with E-state index in [0.717, 1.165) is 28.1 Å². The number of aliphatic hydroxyl groups is 1. The number of likely N-dealkylation sites (tertiary alicyclic amines) is 1. The number of nitrogens with one attached hydrogen (secondary N) is 2. The van der Waals surface area contributed by atoms with E-state index in [9.17, 15) is 32.7 Å². The Kier molecular flexibility index (Phi) is 13.5. The number of aliphatic carboxylic acids is 1. The van der Waals surface area contributed by atoms with Crippen molar-refractivity contribution < 1.29 is 42.6 Å². The van der Waals surface area contributed by atoms with Crippen LogP contribution in [0.15, 0.2) is 29.8 Å². The van der Waals surface area contributed by atoms with Gasteiger partial charge in [-0.1, -0.05) is 45.0 Å². The molecule has 1 aromatic carbocycles. The fraction of sp³-hybridized carbons (Fsp3) is 0.567. The second-order valence-corrected chi connectivity index (χ2v) is 12.8. The summed E-state index contributed by atoms with van der Waals surface area (Å²) in [6.45, 7) is 10.0. The number of nitrogens with zero attached hydrogens (tertiary/aromatic N) is 2. The summed E-state index contributed by atoms with van der Waals surface area (Å²) in [6.07, 6.45) is -4.09. The molecule has 2 aromatic rings. The van der Waals surface area contributed by atoms with E-state index < -0.39 is 35.7 Å². The van der Waals surface area contributed by atoms with Gasteiger partial charge in [0, 0.05) is 19.4 Å². The summed E-state index contributed by atoms with van der Waals surface area (Å²) < 4.78 is 31.7. The fourth-order valence-electron chi connectivity index (χ4n) is 4.68. The Morgan fingerprint density at radius 1 is 1.11 bits per heavy atom. The summed E-state index contributed by atoms with van der Waals surface area (Å²) >= 11 is 1.59. The molecule has 15 heteroatoms. The van der Waals surface area contributed by atoms with Crippen molar-refractivity contribution in [2.45, 2.75) is 90.7 Å². The zero-order valence-electron chi connectivity index (χ0n) is 26.0. The van der Waals surface area contributed by atoms with Gasteiger partial charge in [-0.05, 0) is 49.8 Å². The third kappa shape index (κ3) is 11.1. The van der Waals surface area contributed by atoms with Gasteiger partial charge in [0.25, 0.3) is 0 Å². The van der Waals surface area contributed by atoms with Crippen molar-refractivity contribution >= 4 is 35.0 Å². The maximum atomic E-state index is 13.6. The van der Waals surface area contributed by atoms with Gasteiger partial charge in [0.15, 0.2) is 0 Å². The Bertz CT molecular complexity index is 1310. The lowest BCUT2D eigenvalue weighted by atomic mass is 9.85. The van der Waals surface area contributed by atoms with E-state index in [1.807, 2.05) is 64.4 Å². The van der Waals surface area contributed by atoms with Crippen molar-refractivity contribution in [3.63, 3.8) is 0 Å². The minimum atomic E-state index is -5.08. The van der Waals surface area contributed by atoms with Crippen molar-refractivity contribution in [1.29, 1.82) is 0 Å². The Morgan fingerprint density at radius 2 is 1.71 bits per heavy atom. The molecule has 0 saturated carbocycles. The number of benzene rings is 1. The summed E-state index contributed by atoms with van der Waals surface area (Å²) in [5, 5.41) is 23.4. The topological polar surface area (TPSA) is 175 Å². The molecule has 0 radical (unpaired) electrons. The van der Waals surface area contributed by atoms with Crippen LogP contribution in [-0.4, -0.2) is 81.2 Å². The molecule has 250 valence electrons. The Hall–Kier alpha value is -3.56. The maximum Gasteiger partial charge on any atom is 0.490 e. The van der Waals surface area contributed by atoms with E-state index in [4.69, 9.17) is 15.6 Å². The van der Waals surface area contributed by atoms with E-state index in [1.54, 1.807) is 11.3 Å². The normalized spacial score (nSPS) is 18.0. The molecule has 2 heterocycles. The molecule has 1 saturated heterocycles. The molecule has 0 aliphatic carbocycles. The quantitative estimate of drug-likeness (QED) is 0.241. The number of aromatic nitrogens is 1. The molecule has 4 unspecified atom stereocenters. The van der Waals surface area contributed by atoms with E-state index in [2.05, 4.69) is 15.6 Å². The Balaban J connectivity index is 0.000000900. The zero-order valence-corrected chi connectivity index (χ0v) is 26.8. The number of hydrogen-bond acceptors (Lipinski definition) is 8. The van der Waals surface area contributed by atoms with Gasteiger partial charge < -0.3 is 31.5 Å². The monoisotopic (exact) mass is 657 g/mol. The van der Waals surface area contributed by atoms with Crippen LogP contribution in [0.3, 0.4) is 0 Å². The molecular weight excluding hydrogens is 615 g/mol. The highest BCUT2D eigenvalue weighted by molar-refractivity contribution is 7.13. The SMILES string of the molecule is Cc1ncsc1-c1ccc(C(C)NC(=O)C2CC(O)CN2C(=O)C(NC(=O)CCCCN)C(C)(C)C)cc1.O=C(O)C(F)(F)F. The second-order valence-electron chi connectivity index (χ2n) is 11.9. The van der Waals surface area contributed by atoms with Crippen LogP contribution in [0, 0.1) is 12.3 Å². The van der Waals surface area contributed by atoms with Gasteiger partial charge in [-0.25, -0.2) is 9.78 Å². The molecule has 45 heavy (non-hydrogen) atoms. The Morgan fingerprint density at radius 3 is 2.20 bits per heavy atom. The van der Waals surface area contributed by atoms with Gasteiger partial charge >= 0.3 is 12.1 Å². The van der Waals surface area contributed by atoms with Gasteiger partial charge in [-0.2, -0.15) is 13.2 Å². The number of thiazole rings is 1. The van der Waals surface area contributed by atoms with Crippen LogP contribution in [0.2, 0.25) is 0 Å². The predicted molar refractivity (Wildman–Crippen MR) is 163 cm³/mol. The number of halogens is 3. The lowest BCUT2D eigenvalue weighted by Crippen LogP contribution is -2.57. The number of hydrogen-bond donors (Lipinski definition) is 5. The lowest BCUT2D eigenvalue weighted by molar-refractivity contribution is -0.192. The number of rotatable bonds is 10. The fourth-order valence-corrected chi connectivity index (χ4v) is 5.49. The maximum absolute atomic E-state index is 13.6. The number of nitrogens with two attached hydrogens (primary N) is 1. The highest BCUT2D eigenvalue weighted by atomic mass is 32.1. The molecular formula is C30H42F3N5O6S. The first-order valence-corrected chi connectivity index (χ1v) is 15.3. The van der Waals surface area contributed by atoms with Crippen molar-refractivity contribution in [2.24, 2.45) is 11.1 Å². The minimum absolute atomic E-state index is 0.0455. The smallest absolute Gasteiger partial charge is 0.475 e. The minimum Gasteiger partial charge on any atom is -0.475 e. The number of carboxylic acid groups (broad SMARTS) is 1. The standard InChI is InChI=1S/C28H41N5O4S.C2HF3O2/c1-17(19-9-11-20(12-10-19)24-18(2)30-16-38-24)31-26(36)22-14-21(34)15-33(22)27(37)25(28(3,4)5)32-23(35)8-6-7-13-29;3-2(4,5)1(6)7/h9-12,16-17,21-22,25,34H,6-8,13-15,29H2,1-5H3,(H,31,36)(H,32,35);(H,6,7). The van der Waals surface area contributed by atoms with Crippen molar-refractivity contribution in [1.82, 2.24) is 20.5 Å². The predicted octanol–water partition coefficient (Wildman–Crippen LogP) is 3.55. The first-order chi connectivity index (χ1) is 20.9. The molecule has 1 aliphatic heterocycles. The number of alkyl halides is 3. The number of unbranched alkanes of at least 4 members (excludes halogenated alkanes) is 1. The first kappa shape index (κ1) is 37.6. The zero-order chi connectivity index (χ0) is 34.1.